The van der Waals surface area contributed by atoms with Gasteiger partial charge in [-0.2, -0.15) is 0 Å². The first kappa shape index (κ1) is 12.0. The van der Waals surface area contributed by atoms with Gasteiger partial charge in [-0.05, 0) is 36.7 Å². The Morgan fingerprint density at radius 1 is 1.36 bits per heavy atom. The molecule has 14 heavy (non-hydrogen) atoms. The number of rotatable bonds is 5. The van der Waals surface area contributed by atoms with Crippen molar-refractivity contribution in [3.8, 4) is 0 Å². The lowest BCUT2D eigenvalue weighted by Gasteiger charge is -2.05. The molecule has 0 unspecified atom stereocenters. The summed E-state index contributed by atoms with van der Waals surface area (Å²) < 4.78 is 1.04. The minimum Gasteiger partial charge on any atom is -0.313 e. The second-order valence-corrected chi connectivity index (χ2v) is 4.66. The van der Waals surface area contributed by atoms with E-state index in [0.29, 0.717) is 0 Å². The van der Waals surface area contributed by atoms with Crippen molar-refractivity contribution in [1.82, 2.24) is 5.32 Å². The maximum atomic E-state index is 5.93. The van der Waals surface area contributed by atoms with E-state index in [1.54, 1.807) is 0 Å². The predicted octanol–water partition coefficient (Wildman–Crippen LogP) is 3.99. The Balaban J connectivity index is 2.42. The zero-order chi connectivity index (χ0) is 10.4. The van der Waals surface area contributed by atoms with E-state index in [1.165, 1.54) is 18.4 Å². The lowest BCUT2D eigenvalue weighted by atomic mass is 10.2. The molecule has 0 aromatic heterocycles. The fourth-order valence-electron chi connectivity index (χ4n) is 1.25. The zero-order valence-corrected chi connectivity index (χ0v) is 10.7. The molecule has 0 saturated carbocycles. The molecule has 0 aliphatic rings. The second-order valence-electron chi connectivity index (χ2n) is 3.31. The third-order valence-electron chi connectivity index (χ3n) is 1.96. The second kappa shape index (κ2) is 6.44. The van der Waals surface area contributed by atoms with Crippen LogP contribution in [0.25, 0.3) is 0 Å². The highest BCUT2D eigenvalue weighted by Gasteiger charge is 1.97. The molecule has 0 atom stereocenters. The zero-order valence-electron chi connectivity index (χ0n) is 8.32. The molecule has 1 rings (SSSR count). The molecule has 1 N–H and O–H groups in total. The highest BCUT2D eigenvalue weighted by molar-refractivity contribution is 9.10. The van der Waals surface area contributed by atoms with Crippen LogP contribution in [-0.4, -0.2) is 6.54 Å². The Morgan fingerprint density at radius 2 is 2.14 bits per heavy atom. The average molecular weight is 277 g/mol. The lowest BCUT2D eigenvalue weighted by molar-refractivity contribution is 0.641. The third kappa shape index (κ3) is 4.45. The van der Waals surface area contributed by atoms with Gasteiger partial charge in [-0.3, -0.25) is 0 Å². The monoisotopic (exact) mass is 275 g/mol. The van der Waals surface area contributed by atoms with Gasteiger partial charge in [0, 0.05) is 16.0 Å². The van der Waals surface area contributed by atoms with Crippen LogP contribution in [0.2, 0.25) is 5.02 Å². The van der Waals surface area contributed by atoms with Gasteiger partial charge in [-0.15, -0.1) is 0 Å². The number of benzene rings is 1. The Labute approximate surface area is 99.0 Å². The van der Waals surface area contributed by atoms with Crippen LogP contribution in [-0.2, 0) is 6.54 Å². The van der Waals surface area contributed by atoms with Crippen LogP contribution in [0.4, 0.5) is 0 Å². The minimum absolute atomic E-state index is 0.784. The van der Waals surface area contributed by atoms with E-state index < -0.39 is 0 Å². The fraction of sp³-hybridized carbons (Fsp3) is 0.455. The summed E-state index contributed by atoms with van der Waals surface area (Å²) in [7, 11) is 0. The average Bonchev–Trinajstić information content (AvgIpc) is 2.11. The highest BCUT2D eigenvalue weighted by atomic mass is 79.9. The Bertz CT molecular complexity index is 268. The van der Waals surface area contributed by atoms with E-state index in [2.05, 4.69) is 34.2 Å². The molecule has 0 spiro atoms. The molecule has 0 aliphatic carbocycles. The summed E-state index contributed by atoms with van der Waals surface area (Å²) >= 11 is 9.36. The summed E-state index contributed by atoms with van der Waals surface area (Å²) in [6, 6.07) is 5.98. The first-order valence-electron chi connectivity index (χ1n) is 4.88. The van der Waals surface area contributed by atoms with E-state index in [1.807, 2.05) is 12.1 Å². The van der Waals surface area contributed by atoms with Crippen LogP contribution in [0.3, 0.4) is 0 Å². The van der Waals surface area contributed by atoms with Crippen molar-refractivity contribution in [1.29, 1.82) is 0 Å². The summed E-state index contributed by atoms with van der Waals surface area (Å²) in [5.41, 5.74) is 1.22. The molecule has 1 aromatic carbocycles. The lowest BCUT2D eigenvalue weighted by Crippen LogP contribution is -2.14. The van der Waals surface area contributed by atoms with Gasteiger partial charge in [0.1, 0.15) is 0 Å². The van der Waals surface area contributed by atoms with Crippen molar-refractivity contribution < 1.29 is 0 Å². The number of hydrogen-bond donors (Lipinski definition) is 1. The normalized spacial score (nSPS) is 10.5. The molecule has 0 heterocycles. The quantitative estimate of drug-likeness (QED) is 0.802. The van der Waals surface area contributed by atoms with Crippen LogP contribution < -0.4 is 5.32 Å². The van der Waals surface area contributed by atoms with Gasteiger partial charge in [-0.25, -0.2) is 0 Å². The van der Waals surface area contributed by atoms with Crippen LogP contribution >= 0.6 is 27.5 Å². The summed E-state index contributed by atoms with van der Waals surface area (Å²) in [5, 5.41) is 4.16. The van der Waals surface area contributed by atoms with E-state index in [-0.39, 0.29) is 0 Å². The van der Waals surface area contributed by atoms with Gasteiger partial charge in [0.25, 0.3) is 0 Å². The van der Waals surface area contributed by atoms with Crippen molar-refractivity contribution in [2.75, 3.05) is 6.54 Å². The topological polar surface area (TPSA) is 12.0 Å². The van der Waals surface area contributed by atoms with Crippen molar-refractivity contribution in [2.24, 2.45) is 0 Å². The summed E-state index contributed by atoms with van der Waals surface area (Å²) in [4.78, 5) is 0. The van der Waals surface area contributed by atoms with Gasteiger partial charge in [0.15, 0.2) is 0 Å². The molecular weight excluding hydrogens is 261 g/mol. The molecule has 0 radical (unpaired) electrons. The molecule has 0 amide bonds. The maximum absolute atomic E-state index is 5.93. The first-order chi connectivity index (χ1) is 6.72. The smallest absolute Gasteiger partial charge is 0.0420 e. The molecule has 78 valence electrons. The van der Waals surface area contributed by atoms with E-state index >= 15 is 0 Å². The number of nitrogens with one attached hydrogen (secondary N) is 1. The van der Waals surface area contributed by atoms with E-state index in [4.69, 9.17) is 11.6 Å². The Hall–Kier alpha value is -0.0500. The van der Waals surface area contributed by atoms with Gasteiger partial charge < -0.3 is 5.32 Å². The predicted molar refractivity (Wildman–Crippen MR) is 65.8 cm³/mol. The molecule has 3 heteroatoms. The van der Waals surface area contributed by atoms with Crippen LogP contribution in [0.5, 0.6) is 0 Å². The van der Waals surface area contributed by atoms with E-state index in [0.717, 1.165) is 22.6 Å². The molecule has 1 aromatic rings. The highest BCUT2D eigenvalue weighted by Crippen LogP contribution is 2.19. The summed E-state index contributed by atoms with van der Waals surface area (Å²) in [6.07, 6.45) is 2.45. The number of hydrogen-bond acceptors (Lipinski definition) is 1. The van der Waals surface area contributed by atoms with E-state index in [9.17, 15) is 0 Å². The Morgan fingerprint density at radius 3 is 2.79 bits per heavy atom. The van der Waals surface area contributed by atoms with Crippen molar-refractivity contribution >= 4 is 27.5 Å². The molecule has 1 nitrogen and oxygen atoms in total. The minimum atomic E-state index is 0.784. The number of halogens is 2. The van der Waals surface area contributed by atoms with Crippen LogP contribution in [0.15, 0.2) is 22.7 Å². The first-order valence-corrected chi connectivity index (χ1v) is 6.05. The molecule has 0 saturated heterocycles. The SMILES string of the molecule is CCCCNCc1cc(Cl)cc(Br)c1. The van der Waals surface area contributed by atoms with Crippen molar-refractivity contribution in [3.05, 3.63) is 33.3 Å². The maximum Gasteiger partial charge on any atom is 0.0420 e. The molecule has 0 fully saturated rings. The summed E-state index contributed by atoms with van der Waals surface area (Å²) in [5.74, 6) is 0. The van der Waals surface area contributed by atoms with Crippen molar-refractivity contribution in [2.45, 2.75) is 26.3 Å². The van der Waals surface area contributed by atoms with Gasteiger partial charge in [0.2, 0.25) is 0 Å². The largest absolute Gasteiger partial charge is 0.313 e. The van der Waals surface area contributed by atoms with Gasteiger partial charge in [-0.1, -0.05) is 40.9 Å². The molecule has 0 bridgehead atoms. The fourth-order valence-corrected chi connectivity index (χ4v) is 2.18. The third-order valence-corrected chi connectivity index (χ3v) is 2.63. The van der Waals surface area contributed by atoms with Crippen molar-refractivity contribution in [3.63, 3.8) is 0 Å². The van der Waals surface area contributed by atoms with Gasteiger partial charge in [0.05, 0.1) is 0 Å². The van der Waals surface area contributed by atoms with Gasteiger partial charge >= 0.3 is 0 Å². The standard InChI is InChI=1S/C11H15BrClN/c1-2-3-4-14-8-9-5-10(12)7-11(13)6-9/h5-7,14H,2-4,8H2,1H3. The van der Waals surface area contributed by atoms with Crippen LogP contribution in [0.1, 0.15) is 25.3 Å². The summed E-state index contributed by atoms with van der Waals surface area (Å²) in [6.45, 7) is 4.15. The molecule has 0 aliphatic heterocycles. The molecular formula is C11H15BrClN. The number of unbranched alkanes of at least 4 members (excludes halogenated alkanes) is 1. The Kier molecular flexibility index (Phi) is 5.53. The van der Waals surface area contributed by atoms with Crippen LogP contribution in [0, 0.1) is 0 Å².